The van der Waals surface area contributed by atoms with Crippen molar-refractivity contribution >= 4 is 23.3 Å². The van der Waals surface area contributed by atoms with Gasteiger partial charge >= 0.3 is 0 Å². The van der Waals surface area contributed by atoms with Gasteiger partial charge in [0.1, 0.15) is 24.1 Å². The molecule has 102 valence electrons. The second-order valence-electron chi connectivity index (χ2n) is 4.87. The lowest BCUT2D eigenvalue weighted by molar-refractivity contribution is 0.170. The van der Waals surface area contributed by atoms with Crippen molar-refractivity contribution in [3.8, 4) is 0 Å². The molecule has 19 heavy (non-hydrogen) atoms. The number of aliphatic imine (C=N–C) groups is 1. The molecule has 3 atom stereocenters. The topological polar surface area (TPSA) is 73.6 Å². The Hall–Kier alpha value is -1.56. The van der Waals surface area contributed by atoms with Crippen molar-refractivity contribution in [3.63, 3.8) is 0 Å². The number of benzene rings is 1. The van der Waals surface area contributed by atoms with Crippen LogP contribution in [0.15, 0.2) is 17.1 Å². The molecule has 1 aliphatic heterocycles. The molecule has 1 aromatic carbocycles. The second kappa shape index (κ2) is 3.96. The summed E-state index contributed by atoms with van der Waals surface area (Å²) in [6.07, 6.45) is 0.426. The van der Waals surface area contributed by atoms with Crippen LogP contribution in [-0.4, -0.2) is 18.8 Å². The summed E-state index contributed by atoms with van der Waals surface area (Å²) in [6.45, 7) is -0.832. The van der Waals surface area contributed by atoms with Gasteiger partial charge in [0.05, 0.1) is 5.02 Å². The van der Waals surface area contributed by atoms with E-state index in [0.717, 1.165) is 6.07 Å². The molecule has 3 rings (SSSR count). The maximum absolute atomic E-state index is 13.7. The zero-order chi connectivity index (χ0) is 13.8. The van der Waals surface area contributed by atoms with Crippen LogP contribution < -0.4 is 11.5 Å². The second-order valence-corrected chi connectivity index (χ2v) is 5.25. The standard InChI is InChI=1S/C12H12ClF2N3O/c13-10-7(1-5(16)2-8(10)15)12(4-14)6-3-9(6)19-11(17)18-12/h1-2,6,9H,3-4,16H2,(H2,17,18). The summed E-state index contributed by atoms with van der Waals surface area (Å²) in [6, 6.07) is 2.44. The van der Waals surface area contributed by atoms with E-state index in [4.69, 9.17) is 27.8 Å². The highest BCUT2D eigenvalue weighted by atomic mass is 35.5. The summed E-state index contributed by atoms with van der Waals surface area (Å²) < 4.78 is 32.6. The van der Waals surface area contributed by atoms with E-state index in [-0.39, 0.29) is 34.3 Å². The number of ether oxygens (including phenoxy) is 1. The van der Waals surface area contributed by atoms with E-state index in [0.29, 0.717) is 6.42 Å². The number of amidine groups is 1. The quantitative estimate of drug-likeness (QED) is 0.817. The highest BCUT2D eigenvalue weighted by Gasteiger charge is 2.59. The summed E-state index contributed by atoms with van der Waals surface area (Å²) >= 11 is 5.95. The molecule has 0 saturated heterocycles. The Kier molecular flexibility index (Phi) is 2.60. The first-order chi connectivity index (χ1) is 8.98. The fourth-order valence-electron chi connectivity index (χ4n) is 2.65. The van der Waals surface area contributed by atoms with Crippen LogP contribution in [0.2, 0.25) is 5.02 Å². The number of fused-ring (bicyclic) bond motifs is 1. The molecule has 3 unspecified atom stereocenters. The van der Waals surface area contributed by atoms with Gasteiger partial charge in [0.15, 0.2) is 0 Å². The predicted molar refractivity (Wildman–Crippen MR) is 68.1 cm³/mol. The fraction of sp³-hybridized carbons (Fsp3) is 0.417. The summed E-state index contributed by atoms with van der Waals surface area (Å²) in [4.78, 5) is 4.06. The van der Waals surface area contributed by atoms with Gasteiger partial charge in [0.2, 0.25) is 0 Å². The number of halogens is 3. The minimum Gasteiger partial charge on any atom is -0.462 e. The van der Waals surface area contributed by atoms with Crippen molar-refractivity contribution in [2.75, 3.05) is 12.4 Å². The molecule has 4 nitrogen and oxygen atoms in total. The molecule has 1 aliphatic carbocycles. The van der Waals surface area contributed by atoms with E-state index in [1.54, 1.807) is 0 Å². The van der Waals surface area contributed by atoms with E-state index in [9.17, 15) is 8.78 Å². The average molecular weight is 288 g/mol. The molecule has 2 aliphatic rings. The molecule has 0 bridgehead atoms. The van der Waals surface area contributed by atoms with Gasteiger partial charge in [-0.05, 0) is 18.6 Å². The molecule has 4 N–H and O–H groups in total. The Morgan fingerprint density at radius 3 is 2.89 bits per heavy atom. The third-order valence-corrected chi connectivity index (χ3v) is 4.03. The average Bonchev–Trinajstić information content (AvgIpc) is 3.12. The van der Waals surface area contributed by atoms with E-state index < -0.39 is 18.0 Å². The van der Waals surface area contributed by atoms with Crippen LogP contribution in [0.1, 0.15) is 12.0 Å². The van der Waals surface area contributed by atoms with E-state index >= 15 is 0 Å². The first kappa shape index (κ1) is 12.5. The van der Waals surface area contributed by atoms with Gasteiger partial charge < -0.3 is 16.2 Å². The van der Waals surface area contributed by atoms with Crippen molar-refractivity contribution in [1.29, 1.82) is 0 Å². The lowest BCUT2D eigenvalue weighted by atomic mass is 9.85. The molecule has 1 aromatic rings. The zero-order valence-electron chi connectivity index (χ0n) is 9.87. The van der Waals surface area contributed by atoms with E-state index in [2.05, 4.69) is 4.99 Å². The lowest BCUT2D eigenvalue weighted by Gasteiger charge is -2.32. The summed E-state index contributed by atoms with van der Waals surface area (Å²) in [5.74, 6) is -0.884. The molecule has 1 heterocycles. The molecule has 1 saturated carbocycles. The monoisotopic (exact) mass is 287 g/mol. The molecular formula is C12H12ClF2N3O. The van der Waals surface area contributed by atoms with Gasteiger partial charge in [0.25, 0.3) is 6.02 Å². The lowest BCUT2D eigenvalue weighted by Crippen LogP contribution is -2.39. The molecule has 7 heteroatoms. The number of rotatable bonds is 2. The van der Waals surface area contributed by atoms with Gasteiger partial charge in [-0.1, -0.05) is 11.6 Å². The summed E-state index contributed by atoms with van der Waals surface area (Å²) in [5, 5.41) is -0.170. The third kappa shape index (κ3) is 1.74. The number of hydrogen-bond donors (Lipinski definition) is 2. The zero-order valence-corrected chi connectivity index (χ0v) is 10.6. The maximum Gasteiger partial charge on any atom is 0.283 e. The molecular weight excluding hydrogens is 276 g/mol. The number of nitrogen functional groups attached to an aromatic ring is 1. The number of nitrogens with zero attached hydrogens (tertiary/aromatic N) is 1. The van der Waals surface area contributed by atoms with Gasteiger partial charge in [-0.2, -0.15) is 0 Å². The van der Waals surface area contributed by atoms with E-state index in [1.165, 1.54) is 6.07 Å². The first-order valence-electron chi connectivity index (χ1n) is 5.81. The van der Waals surface area contributed by atoms with Crippen LogP contribution in [-0.2, 0) is 10.3 Å². The first-order valence-corrected chi connectivity index (χ1v) is 6.18. The Morgan fingerprint density at radius 2 is 2.21 bits per heavy atom. The molecule has 0 aromatic heterocycles. The number of alkyl halides is 1. The minimum atomic E-state index is -1.29. The van der Waals surface area contributed by atoms with E-state index in [1.807, 2.05) is 0 Å². The summed E-state index contributed by atoms with van der Waals surface area (Å²) in [7, 11) is 0. The molecule has 0 radical (unpaired) electrons. The van der Waals surface area contributed by atoms with Crippen molar-refractivity contribution in [2.45, 2.75) is 18.1 Å². The van der Waals surface area contributed by atoms with Gasteiger partial charge in [-0.3, -0.25) is 0 Å². The highest BCUT2D eigenvalue weighted by Crippen LogP contribution is 2.54. The predicted octanol–water partition coefficient (Wildman–Crippen LogP) is 1.96. The van der Waals surface area contributed by atoms with Crippen molar-refractivity contribution in [2.24, 2.45) is 16.6 Å². The van der Waals surface area contributed by atoms with Gasteiger partial charge in [0, 0.05) is 17.2 Å². The SMILES string of the molecule is NC1=NC(CF)(c2cc(N)cc(F)c2Cl)C2CC2O1. The van der Waals surface area contributed by atoms with Crippen LogP contribution >= 0.6 is 11.6 Å². The number of nitrogens with two attached hydrogens (primary N) is 2. The van der Waals surface area contributed by atoms with Crippen molar-refractivity contribution in [3.05, 3.63) is 28.5 Å². The Bertz CT molecular complexity index is 580. The minimum absolute atomic E-state index is 0.102. The normalized spacial score (nSPS) is 32.3. The Labute approximate surface area is 113 Å². The number of anilines is 1. The van der Waals surface area contributed by atoms with Crippen LogP contribution in [0, 0.1) is 11.7 Å². The fourth-order valence-corrected chi connectivity index (χ4v) is 2.92. The molecule has 0 spiro atoms. The van der Waals surface area contributed by atoms with Gasteiger partial charge in [-0.15, -0.1) is 0 Å². The van der Waals surface area contributed by atoms with Gasteiger partial charge in [-0.25, -0.2) is 13.8 Å². The Balaban J connectivity index is 2.20. The molecule has 1 fully saturated rings. The van der Waals surface area contributed by atoms with Crippen molar-refractivity contribution < 1.29 is 13.5 Å². The third-order valence-electron chi connectivity index (χ3n) is 3.65. The van der Waals surface area contributed by atoms with Crippen LogP contribution in [0.4, 0.5) is 14.5 Å². The smallest absolute Gasteiger partial charge is 0.283 e. The highest BCUT2D eigenvalue weighted by molar-refractivity contribution is 6.31. The van der Waals surface area contributed by atoms with Crippen molar-refractivity contribution in [1.82, 2.24) is 0 Å². The van der Waals surface area contributed by atoms with Crippen LogP contribution in [0.3, 0.4) is 0 Å². The Morgan fingerprint density at radius 1 is 1.47 bits per heavy atom. The number of hydrogen-bond acceptors (Lipinski definition) is 4. The van der Waals surface area contributed by atoms with Crippen LogP contribution in [0.5, 0.6) is 0 Å². The largest absolute Gasteiger partial charge is 0.462 e. The molecule has 0 amide bonds. The summed E-state index contributed by atoms with van der Waals surface area (Å²) in [5.41, 5.74) is 10.3. The maximum atomic E-state index is 13.7. The van der Waals surface area contributed by atoms with Crippen LogP contribution in [0.25, 0.3) is 0 Å².